The van der Waals surface area contributed by atoms with Gasteiger partial charge in [-0.15, -0.1) is 23.1 Å². The Kier molecular flexibility index (Phi) is 4.96. The predicted molar refractivity (Wildman–Crippen MR) is 93.0 cm³/mol. The lowest BCUT2D eigenvalue weighted by Crippen LogP contribution is -2.70. The van der Waals surface area contributed by atoms with E-state index in [9.17, 15) is 24.3 Å². The second-order valence-electron chi connectivity index (χ2n) is 5.62. The lowest BCUT2D eigenvalue weighted by molar-refractivity contribution is -0.150. The van der Waals surface area contributed by atoms with E-state index in [0.29, 0.717) is 0 Å². The fourth-order valence-corrected chi connectivity index (χ4v) is 4.92. The fraction of sp³-hybridized carbons (Fsp3) is 0.375. The van der Waals surface area contributed by atoms with Gasteiger partial charge < -0.3 is 10.4 Å². The second kappa shape index (κ2) is 7.01. The van der Waals surface area contributed by atoms with Gasteiger partial charge in [0.15, 0.2) is 5.78 Å². The topological polar surface area (TPSA) is 104 Å². The number of amides is 2. The maximum absolute atomic E-state index is 12.4. The number of carbonyl (C=O) groups excluding carboxylic acids is 3. The average molecular weight is 380 g/mol. The van der Waals surface area contributed by atoms with Gasteiger partial charge in [-0.2, -0.15) is 0 Å². The molecule has 7 nitrogen and oxygen atoms in total. The van der Waals surface area contributed by atoms with E-state index in [0.717, 1.165) is 9.78 Å². The number of carboxylic acids is 1. The molecule has 0 aromatic carbocycles. The number of aliphatic carboxylic acids is 1. The zero-order chi connectivity index (χ0) is 18.1. The number of carbonyl (C=O) groups is 4. The van der Waals surface area contributed by atoms with Gasteiger partial charge in [-0.05, 0) is 11.4 Å². The van der Waals surface area contributed by atoms with E-state index in [-0.39, 0.29) is 41.6 Å². The average Bonchev–Trinajstić information content (AvgIpc) is 3.10. The normalized spacial score (nSPS) is 22.3. The van der Waals surface area contributed by atoms with E-state index < -0.39 is 23.3 Å². The van der Waals surface area contributed by atoms with Crippen LogP contribution in [0.15, 0.2) is 28.8 Å². The SMILES string of the molecule is CCC(=O)C1=C(C(=O)O)N2C(=O)C(NC(=O)Cc3cccs3)[C@@H]2SC1. The van der Waals surface area contributed by atoms with Crippen LogP contribution in [0, 0.1) is 0 Å². The van der Waals surface area contributed by atoms with Gasteiger partial charge in [-0.25, -0.2) is 4.79 Å². The van der Waals surface area contributed by atoms with Crippen LogP contribution >= 0.6 is 23.1 Å². The summed E-state index contributed by atoms with van der Waals surface area (Å²) in [5.41, 5.74) is -0.0858. The Morgan fingerprint density at radius 1 is 1.40 bits per heavy atom. The van der Waals surface area contributed by atoms with Crippen LogP contribution in [0.1, 0.15) is 18.2 Å². The number of β-lactam (4-membered cyclic amide) rings is 1. The van der Waals surface area contributed by atoms with Crippen molar-refractivity contribution in [2.75, 3.05) is 5.75 Å². The minimum Gasteiger partial charge on any atom is -0.477 e. The first kappa shape index (κ1) is 17.7. The summed E-state index contributed by atoms with van der Waals surface area (Å²) in [4.78, 5) is 50.0. The first-order valence-electron chi connectivity index (χ1n) is 7.70. The van der Waals surface area contributed by atoms with Gasteiger partial charge >= 0.3 is 5.97 Å². The van der Waals surface area contributed by atoms with Crippen LogP contribution in [0.2, 0.25) is 0 Å². The van der Waals surface area contributed by atoms with Gasteiger partial charge in [-0.1, -0.05) is 13.0 Å². The summed E-state index contributed by atoms with van der Waals surface area (Å²) < 4.78 is 0. The maximum Gasteiger partial charge on any atom is 0.353 e. The highest BCUT2D eigenvalue weighted by Gasteiger charge is 2.54. The lowest BCUT2D eigenvalue weighted by atomic mass is 10.00. The molecule has 132 valence electrons. The smallest absolute Gasteiger partial charge is 0.353 e. The highest BCUT2D eigenvalue weighted by atomic mass is 32.2. The lowest BCUT2D eigenvalue weighted by Gasteiger charge is -2.49. The summed E-state index contributed by atoms with van der Waals surface area (Å²) in [6, 6.07) is 2.92. The molecule has 0 aliphatic carbocycles. The molecule has 0 spiro atoms. The molecule has 1 aromatic heterocycles. The van der Waals surface area contributed by atoms with Crippen molar-refractivity contribution in [2.45, 2.75) is 31.2 Å². The minimum atomic E-state index is -1.29. The Hall–Kier alpha value is -2.13. The van der Waals surface area contributed by atoms with E-state index in [1.165, 1.54) is 23.1 Å². The molecular weight excluding hydrogens is 364 g/mol. The zero-order valence-corrected chi connectivity index (χ0v) is 15.0. The molecule has 2 amide bonds. The Morgan fingerprint density at radius 2 is 2.16 bits per heavy atom. The molecule has 3 heterocycles. The van der Waals surface area contributed by atoms with E-state index in [1.54, 1.807) is 6.92 Å². The van der Waals surface area contributed by atoms with Crippen molar-refractivity contribution in [3.63, 3.8) is 0 Å². The molecule has 2 atom stereocenters. The number of ketones is 1. The van der Waals surface area contributed by atoms with E-state index in [1.807, 2.05) is 17.5 Å². The molecule has 3 rings (SSSR count). The number of thiophene rings is 1. The Balaban J connectivity index is 1.74. The summed E-state index contributed by atoms with van der Waals surface area (Å²) in [7, 11) is 0. The summed E-state index contributed by atoms with van der Waals surface area (Å²) in [5, 5.41) is 13.5. The summed E-state index contributed by atoms with van der Waals surface area (Å²) in [6.07, 6.45) is 0.361. The Labute approximate surface area is 152 Å². The van der Waals surface area contributed by atoms with E-state index >= 15 is 0 Å². The first-order chi connectivity index (χ1) is 11.9. The molecule has 1 unspecified atom stereocenters. The number of fused-ring (bicyclic) bond motifs is 1. The molecule has 2 aliphatic rings. The van der Waals surface area contributed by atoms with E-state index in [2.05, 4.69) is 5.32 Å². The zero-order valence-electron chi connectivity index (χ0n) is 13.4. The fourth-order valence-electron chi connectivity index (χ4n) is 2.84. The van der Waals surface area contributed by atoms with Crippen LogP contribution in [0.4, 0.5) is 0 Å². The van der Waals surface area contributed by atoms with Gasteiger partial charge in [0.2, 0.25) is 5.91 Å². The van der Waals surface area contributed by atoms with Gasteiger partial charge in [0, 0.05) is 22.6 Å². The van der Waals surface area contributed by atoms with Crippen molar-refractivity contribution in [3.05, 3.63) is 33.7 Å². The minimum absolute atomic E-state index is 0.160. The molecule has 2 aliphatic heterocycles. The maximum atomic E-state index is 12.4. The molecule has 2 N–H and O–H groups in total. The highest BCUT2D eigenvalue weighted by Crippen LogP contribution is 2.40. The van der Waals surface area contributed by atoms with Crippen molar-refractivity contribution in [1.29, 1.82) is 0 Å². The van der Waals surface area contributed by atoms with Gasteiger partial charge in [0.1, 0.15) is 17.1 Å². The molecule has 1 saturated heterocycles. The van der Waals surface area contributed by atoms with Crippen LogP contribution in [-0.2, 0) is 25.6 Å². The number of nitrogens with one attached hydrogen (secondary N) is 1. The third-order valence-electron chi connectivity index (χ3n) is 4.06. The quantitative estimate of drug-likeness (QED) is 0.714. The predicted octanol–water partition coefficient (Wildman–Crippen LogP) is 1.01. The number of rotatable bonds is 6. The van der Waals surface area contributed by atoms with Gasteiger partial charge in [-0.3, -0.25) is 19.3 Å². The second-order valence-corrected chi connectivity index (χ2v) is 7.76. The third kappa shape index (κ3) is 3.21. The van der Waals surface area contributed by atoms with Crippen molar-refractivity contribution in [2.24, 2.45) is 0 Å². The number of nitrogens with zero attached hydrogens (tertiary/aromatic N) is 1. The molecule has 0 radical (unpaired) electrons. The largest absolute Gasteiger partial charge is 0.477 e. The van der Waals surface area contributed by atoms with Crippen molar-refractivity contribution in [1.82, 2.24) is 10.2 Å². The van der Waals surface area contributed by atoms with E-state index in [4.69, 9.17) is 0 Å². The molecule has 1 aromatic rings. The Morgan fingerprint density at radius 3 is 2.76 bits per heavy atom. The molecular formula is C16H16N2O5S2. The molecule has 9 heteroatoms. The number of Topliss-reactive ketones (excluding diaryl/α,β-unsaturated/α-hetero) is 1. The van der Waals surface area contributed by atoms with Crippen molar-refractivity contribution in [3.8, 4) is 0 Å². The van der Waals surface area contributed by atoms with Crippen molar-refractivity contribution >= 4 is 46.7 Å². The Bertz CT molecular complexity index is 771. The number of thioether (sulfide) groups is 1. The van der Waals surface area contributed by atoms with Crippen LogP contribution < -0.4 is 5.32 Å². The van der Waals surface area contributed by atoms with Crippen molar-refractivity contribution < 1.29 is 24.3 Å². The standard InChI is InChI=1S/C16H16N2O5S2/c1-2-10(19)9-7-25-15-12(14(21)18(15)13(9)16(22)23)17-11(20)6-8-4-3-5-24-8/h3-5,12,15H,2,6-7H2,1H3,(H,17,20)(H,22,23)/t12?,15-/m0/s1. The number of hydrogen-bond donors (Lipinski definition) is 2. The van der Waals surface area contributed by atoms with Crippen LogP contribution in [0.3, 0.4) is 0 Å². The van der Waals surface area contributed by atoms with Gasteiger partial charge in [0.25, 0.3) is 5.91 Å². The molecule has 0 saturated carbocycles. The highest BCUT2D eigenvalue weighted by molar-refractivity contribution is 8.00. The number of carboxylic acid groups (broad SMARTS) is 1. The monoisotopic (exact) mass is 380 g/mol. The van der Waals surface area contributed by atoms with Crippen LogP contribution in [0.5, 0.6) is 0 Å². The molecule has 25 heavy (non-hydrogen) atoms. The number of hydrogen-bond acceptors (Lipinski definition) is 6. The first-order valence-corrected chi connectivity index (χ1v) is 9.63. The third-order valence-corrected chi connectivity index (χ3v) is 6.22. The summed E-state index contributed by atoms with van der Waals surface area (Å²) in [5.74, 6) is -2.12. The molecule has 1 fully saturated rings. The summed E-state index contributed by atoms with van der Waals surface area (Å²) in [6.45, 7) is 1.65. The van der Waals surface area contributed by atoms with Crippen LogP contribution in [-0.4, -0.2) is 50.7 Å². The van der Waals surface area contributed by atoms with Crippen LogP contribution in [0.25, 0.3) is 0 Å². The summed E-state index contributed by atoms with van der Waals surface area (Å²) >= 11 is 2.75. The van der Waals surface area contributed by atoms with Gasteiger partial charge in [0.05, 0.1) is 6.42 Å². The molecule has 0 bridgehead atoms.